The second kappa shape index (κ2) is 6.31. The van der Waals surface area contributed by atoms with Crippen molar-refractivity contribution in [3.05, 3.63) is 65.2 Å². The van der Waals surface area contributed by atoms with Crippen molar-refractivity contribution < 1.29 is 4.42 Å². The molecule has 0 bridgehead atoms. The third-order valence-corrected chi connectivity index (χ3v) is 5.38. The molecular weight excluding hydrogens is 334 g/mol. The zero-order chi connectivity index (χ0) is 18.4. The summed E-state index contributed by atoms with van der Waals surface area (Å²) in [7, 11) is 0. The van der Waals surface area contributed by atoms with E-state index in [4.69, 9.17) is 9.52 Å². The van der Waals surface area contributed by atoms with Gasteiger partial charge in [-0.2, -0.15) is 5.10 Å². The Balaban J connectivity index is 1.74. The molecule has 1 N–H and O–H groups in total. The van der Waals surface area contributed by atoms with E-state index >= 15 is 0 Å². The van der Waals surface area contributed by atoms with E-state index in [0.717, 1.165) is 53.3 Å². The average Bonchev–Trinajstić information content (AvgIpc) is 3.17. The van der Waals surface area contributed by atoms with Crippen molar-refractivity contribution in [1.82, 2.24) is 9.78 Å². The number of nitrogens with zero attached hydrogens (tertiary/aromatic N) is 2. The molecule has 27 heavy (non-hydrogen) atoms. The minimum absolute atomic E-state index is 0.847. The van der Waals surface area contributed by atoms with E-state index in [1.807, 2.05) is 18.2 Å². The molecule has 2 aromatic heterocycles. The normalized spacial score (nSPS) is 14.0. The van der Waals surface area contributed by atoms with Gasteiger partial charge in [0, 0.05) is 17.5 Å². The molecule has 0 fully saturated rings. The lowest BCUT2D eigenvalue weighted by Gasteiger charge is -2.12. The lowest BCUT2D eigenvalue weighted by molar-refractivity contribution is 0.625. The first-order chi connectivity index (χ1) is 13.2. The lowest BCUT2D eigenvalue weighted by Crippen LogP contribution is -2.08. The van der Waals surface area contributed by atoms with Crippen LogP contribution in [0.5, 0.6) is 0 Å². The summed E-state index contributed by atoms with van der Waals surface area (Å²) in [4.78, 5) is 0. The molecule has 2 aromatic carbocycles. The Labute approximate surface area is 158 Å². The van der Waals surface area contributed by atoms with Gasteiger partial charge in [-0.1, -0.05) is 30.3 Å². The van der Waals surface area contributed by atoms with Crippen LogP contribution in [0.4, 0.5) is 5.82 Å². The number of benzene rings is 2. The van der Waals surface area contributed by atoms with Crippen LogP contribution >= 0.6 is 0 Å². The summed E-state index contributed by atoms with van der Waals surface area (Å²) in [5.74, 6) is 1.96. The van der Waals surface area contributed by atoms with Gasteiger partial charge >= 0.3 is 0 Å². The van der Waals surface area contributed by atoms with Gasteiger partial charge < -0.3 is 9.73 Å². The number of anilines is 1. The first kappa shape index (κ1) is 16.2. The van der Waals surface area contributed by atoms with E-state index < -0.39 is 0 Å². The van der Waals surface area contributed by atoms with Crippen molar-refractivity contribution in [1.29, 1.82) is 0 Å². The molecule has 0 unspecified atom stereocenters. The molecule has 4 heteroatoms. The van der Waals surface area contributed by atoms with Gasteiger partial charge in [0.2, 0.25) is 0 Å². The van der Waals surface area contributed by atoms with Gasteiger partial charge in [-0.05, 0) is 62.4 Å². The molecular formula is C23H23N3O. The SMILES string of the molecule is Cc1ccc(C)c(-n2nc(-c3cc4ccccc4o3)c3c2NCCCC3)c1. The maximum absolute atomic E-state index is 6.16. The molecule has 4 aromatic rings. The first-order valence-electron chi connectivity index (χ1n) is 9.63. The molecule has 4 nitrogen and oxygen atoms in total. The van der Waals surface area contributed by atoms with Crippen molar-refractivity contribution >= 4 is 16.8 Å². The molecule has 1 aliphatic heterocycles. The highest BCUT2D eigenvalue weighted by Gasteiger charge is 2.24. The highest BCUT2D eigenvalue weighted by atomic mass is 16.3. The molecule has 0 amide bonds. The zero-order valence-electron chi connectivity index (χ0n) is 15.7. The van der Waals surface area contributed by atoms with Crippen LogP contribution < -0.4 is 5.32 Å². The standard InChI is InChI=1S/C23H23N3O/c1-15-10-11-16(2)19(13-15)26-23-18(8-5-6-12-24-23)22(25-26)21-14-17-7-3-4-9-20(17)27-21/h3-4,7,9-11,13-14,24H,5-6,8,12H2,1-2H3. The predicted molar refractivity (Wildman–Crippen MR) is 110 cm³/mol. The van der Waals surface area contributed by atoms with Crippen LogP contribution in [0.15, 0.2) is 52.9 Å². The van der Waals surface area contributed by atoms with Gasteiger partial charge in [0.05, 0.1) is 5.69 Å². The van der Waals surface area contributed by atoms with Crippen molar-refractivity contribution in [2.75, 3.05) is 11.9 Å². The van der Waals surface area contributed by atoms with E-state index in [1.165, 1.54) is 23.1 Å². The summed E-state index contributed by atoms with van der Waals surface area (Å²) >= 11 is 0. The Morgan fingerprint density at radius 3 is 2.81 bits per heavy atom. The summed E-state index contributed by atoms with van der Waals surface area (Å²) in [6.45, 7) is 5.24. The van der Waals surface area contributed by atoms with Crippen molar-refractivity contribution in [3.63, 3.8) is 0 Å². The van der Waals surface area contributed by atoms with Crippen LogP contribution in [0, 0.1) is 13.8 Å². The second-order valence-electron chi connectivity index (χ2n) is 7.41. The molecule has 0 aliphatic carbocycles. The van der Waals surface area contributed by atoms with Crippen LogP contribution in [0.1, 0.15) is 29.5 Å². The van der Waals surface area contributed by atoms with Gasteiger partial charge in [-0.15, -0.1) is 0 Å². The number of fused-ring (bicyclic) bond motifs is 2. The fourth-order valence-corrected chi connectivity index (χ4v) is 3.92. The van der Waals surface area contributed by atoms with Crippen LogP contribution in [0.25, 0.3) is 28.1 Å². The molecule has 0 atom stereocenters. The number of aryl methyl sites for hydroxylation is 2. The average molecular weight is 357 g/mol. The summed E-state index contributed by atoms with van der Waals surface area (Å²) in [6, 6.07) is 16.8. The van der Waals surface area contributed by atoms with Crippen molar-refractivity contribution in [2.24, 2.45) is 0 Å². The van der Waals surface area contributed by atoms with Gasteiger partial charge in [-0.3, -0.25) is 0 Å². The van der Waals surface area contributed by atoms with Crippen LogP contribution in [0.2, 0.25) is 0 Å². The van der Waals surface area contributed by atoms with E-state index in [1.54, 1.807) is 0 Å². The van der Waals surface area contributed by atoms with Crippen molar-refractivity contribution in [3.8, 4) is 17.1 Å². The van der Waals surface area contributed by atoms with Crippen LogP contribution in [-0.4, -0.2) is 16.3 Å². The zero-order valence-corrected chi connectivity index (χ0v) is 15.7. The molecule has 0 saturated heterocycles. The molecule has 0 spiro atoms. The number of hydrogen-bond acceptors (Lipinski definition) is 3. The highest BCUT2D eigenvalue weighted by Crippen LogP contribution is 2.37. The number of para-hydroxylation sites is 1. The van der Waals surface area contributed by atoms with E-state index in [2.05, 4.69) is 54.2 Å². The summed E-state index contributed by atoms with van der Waals surface area (Å²) in [5.41, 5.74) is 6.70. The largest absolute Gasteiger partial charge is 0.454 e. The smallest absolute Gasteiger partial charge is 0.156 e. The third kappa shape index (κ3) is 2.72. The van der Waals surface area contributed by atoms with Gasteiger partial charge in [-0.25, -0.2) is 4.68 Å². The molecule has 0 saturated carbocycles. The molecule has 5 rings (SSSR count). The lowest BCUT2D eigenvalue weighted by atomic mass is 10.1. The van der Waals surface area contributed by atoms with E-state index in [0.29, 0.717) is 0 Å². The van der Waals surface area contributed by atoms with Crippen LogP contribution in [0.3, 0.4) is 0 Å². The molecule has 3 heterocycles. The first-order valence-corrected chi connectivity index (χ1v) is 9.63. The predicted octanol–water partition coefficient (Wildman–Crippen LogP) is 5.65. The third-order valence-electron chi connectivity index (χ3n) is 5.38. The van der Waals surface area contributed by atoms with Crippen LogP contribution in [-0.2, 0) is 6.42 Å². The van der Waals surface area contributed by atoms with E-state index in [-0.39, 0.29) is 0 Å². The number of rotatable bonds is 2. The minimum Gasteiger partial charge on any atom is -0.454 e. The number of furan rings is 1. The summed E-state index contributed by atoms with van der Waals surface area (Å²) in [6.07, 6.45) is 3.34. The minimum atomic E-state index is 0.847. The number of hydrogen-bond donors (Lipinski definition) is 1. The van der Waals surface area contributed by atoms with Gasteiger partial charge in [0.15, 0.2) is 5.76 Å². The molecule has 0 radical (unpaired) electrons. The Hall–Kier alpha value is -3.01. The number of aromatic nitrogens is 2. The monoisotopic (exact) mass is 357 g/mol. The second-order valence-corrected chi connectivity index (χ2v) is 7.41. The van der Waals surface area contributed by atoms with Gasteiger partial charge in [0.1, 0.15) is 17.1 Å². The molecule has 1 aliphatic rings. The Morgan fingerprint density at radius 1 is 1.04 bits per heavy atom. The Morgan fingerprint density at radius 2 is 1.93 bits per heavy atom. The quantitative estimate of drug-likeness (QED) is 0.504. The van der Waals surface area contributed by atoms with Crippen molar-refractivity contribution in [2.45, 2.75) is 33.1 Å². The van der Waals surface area contributed by atoms with E-state index in [9.17, 15) is 0 Å². The summed E-state index contributed by atoms with van der Waals surface area (Å²) < 4.78 is 8.24. The fourth-order valence-electron chi connectivity index (χ4n) is 3.92. The maximum atomic E-state index is 6.16. The Kier molecular flexibility index (Phi) is 3.78. The molecule has 136 valence electrons. The maximum Gasteiger partial charge on any atom is 0.156 e. The highest BCUT2D eigenvalue weighted by molar-refractivity contribution is 5.83. The Bertz CT molecular complexity index is 1100. The number of nitrogens with one attached hydrogen (secondary N) is 1. The fraction of sp³-hybridized carbons (Fsp3) is 0.261. The van der Waals surface area contributed by atoms with Gasteiger partial charge in [0.25, 0.3) is 0 Å². The summed E-state index contributed by atoms with van der Waals surface area (Å²) in [5, 5.41) is 9.77. The topological polar surface area (TPSA) is 43.0 Å².